The van der Waals surface area contributed by atoms with Crippen LogP contribution in [0.2, 0.25) is 0 Å². The molecule has 5 aromatic rings. The number of nitrogens with one attached hydrogen (secondary N) is 5. The summed E-state index contributed by atoms with van der Waals surface area (Å²) in [6.45, 7) is -0.852. The second kappa shape index (κ2) is 22.7. The summed E-state index contributed by atoms with van der Waals surface area (Å²) in [5, 5.41) is 25.3. The van der Waals surface area contributed by atoms with Crippen molar-refractivity contribution in [3.8, 4) is 23.0 Å². The zero-order chi connectivity index (χ0) is 53.6. The quantitative estimate of drug-likeness (QED) is 0.0550. The molecule has 396 valence electrons. The molecule has 4 aliphatic heterocycles. The van der Waals surface area contributed by atoms with Gasteiger partial charge in [0, 0.05) is 55.6 Å². The molecule has 0 saturated heterocycles. The first-order valence-corrected chi connectivity index (χ1v) is 24.9. The molecule has 0 aromatic heterocycles. The van der Waals surface area contributed by atoms with Gasteiger partial charge in [-0.15, -0.1) is 0 Å². The smallest absolute Gasteiger partial charge is 0.260 e. The van der Waals surface area contributed by atoms with Gasteiger partial charge in [-0.3, -0.25) is 33.6 Å². The summed E-state index contributed by atoms with van der Waals surface area (Å²) < 4.78 is 24.4. The van der Waals surface area contributed by atoms with E-state index in [2.05, 4.69) is 26.6 Å². The number of nitrogens with two attached hydrogens (primary N) is 1. The number of hydrogen-bond acceptors (Lipinski definition) is 14. The molecular weight excluding hydrogens is 979 g/mol. The van der Waals surface area contributed by atoms with Gasteiger partial charge in [0.15, 0.2) is 23.0 Å². The lowest BCUT2D eigenvalue weighted by molar-refractivity contribution is -0.128. The Bertz CT molecular complexity index is 3110. The molecule has 0 aliphatic carbocycles. The number of fused-ring (bicyclic) bond motifs is 8. The first-order valence-electron chi connectivity index (χ1n) is 24.9. The van der Waals surface area contributed by atoms with Gasteiger partial charge < -0.3 is 71.1 Å². The van der Waals surface area contributed by atoms with Crippen LogP contribution in [0.1, 0.15) is 68.7 Å². The molecule has 1 unspecified atom stereocenters. The van der Waals surface area contributed by atoms with Crippen LogP contribution in [-0.2, 0) is 50.0 Å². The van der Waals surface area contributed by atoms with Crippen LogP contribution in [0.15, 0.2) is 91.0 Å². The number of ether oxygens (including phenoxy) is 4. The van der Waals surface area contributed by atoms with Crippen molar-refractivity contribution in [2.24, 2.45) is 5.73 Å². The number of anilines is 5. The summed E-state index contributed by atoms with van der Waals surface area (Å²) in [5.41, 5.74) is 12.0. The van der Waals surface area contributed by atoms with Crippen LogP contribution in [-0.4, -0.2) is 112 Å². The number of methoxy groups -OCH3 is 2. The fraction of sp³-hybridized carbons (Fsp3) is 0.327. The van der Waals surface area contributed by atoms with E-state index >= 15 is 0 Å². The van der Waals surface area contributed by atoms with Crippen molar-refractivity contribution in [1.82, 2.24) is 16.0 Å². The number of aliphatic hydroxyl groups is 1. The molecule has 76 heavy (non-hydrogen) atoms. The molecule has 0 radical (unpaired) electrons. The summed E-state index contributed by atoms with van der Waals surface area (Å²) in [6, 6.07) is 26.7. The van der Waals surface area contributed by atoms with E-state index in [0.29, 0.717) is 77.5 Å². The Labute approximate surface area is 438 Å². The van der Waals surface area contributed by atoms with E-state index in [1.54, 1.807) is 41.3 Å². The number of nitrogens with zero attached hydrogens (tertiary/aromatic N) is 3. The van der Waals surface area contributed by atoms with E-state index in [4.69, 9.17) is 24.7 Å². The zero-order valence-corrected chi connectivity index (χ0v) is 42.2. The number of carbonyl (C=O) groups excluding carboxylic acids is 7. The van der Waals surface area contributed by atoms with Crippen LogP contribution < -0.4 is 66.0 Å². The van der Waals surface area contributed by atoms with E-state index in [-0.39, 0.29) is 67.5 Å². The van der Waals surface area contributed by atoms with Crippen molar-refractivity contribution in [2.45, 2.75) is 70.1 Å². The van der Waals surface area contributed by atoms with Crippen LogP contribution in [0.3, 0.4) is 0 Å². The maximum absolute atomic E-state index is 14.1. The van der Waals surface area contributed by atoms with Crippen molar-refractivity contribution in [3.63, 3.8) is 0 Å². The fourth-order valence-corrected chi connectivity index (χ4v) is 9.87. The molecule has 21 nitrogen and oxygen atoms in total. The largest absolute Gasteiger partial charge is 0.493 e. The first kappa shape index (κ1) is 52.0. The highest BCUT2D eigenvalue weighted by molar-refractivity contribution is 6.13. The van der Waals surface area contributed by atoms with Crippen LogP contribution in [0.5, 0.6) is 23.0 Å². The molecule has 5 aromatic carbocycles. The highest BCUT2D eigenvalue weighted by Crippen LogP contribution is 2.43. The Kier molecular flexibility index (Phi) is 15.6. The number of amides is 7. The zero-order valence-electron chi connectivity index (χ0n) is 42.2. The lowest BCUT2D eigenvalue weighted by atomic mass is 10.1. The topological polar surface area (TPSA) is 273 Å². The monoisotopic (exact) mass is 1040 g/mol. The number of primary amides is 1. The van der Waals surface area contributed by atoms with Gasteiger partial charge in [-0.1, -0.05) is 36.4 Å². The van der Waals surface area contributed by atoms with Crippen molar-refractivity contribution >= 4 is 69.8 Å². The van der Waals surface area contributed by atoms with Gasteiger partial charge >= 0.3 is 0 Å². The number of unbranched alkanes of at least 4 members (excludes halogenated alkanes) is 1. The molecule has 4 heterocycles. The standard InChI is InChI=1S/C55H59N9O12/c1-62(52(69)28-60-51(68)27-59-50(67)26-58-49(66)15-9-8-14-48(56)65)35-17-31(29-75-46-23-39-37(21-44(46)73-2)54(71)63-36(25-57-39)19-33-10-4-6-12-41(33)63)16-32(18-35)30-76-47-24-40-38(22-45(47)74-3)55(72)64-42-13-7-5-11-34(42)20-43(64)53(70)61-40/h4-7,10-13,16-18,21-24,36,43,53,57,61,70H,8-9,14-15,19-20,25-30H2,1-3H3,(H2,56,65)(H,58,66)(H,59,67)(H,60,68)/t36-,43-,53?/m0/s1. The predicted molar refractivity (Wildman–Crippen MR) is 281 cm³/mol. The molecule has 0 bridgehead atoms. The Morgan fingerprint density at radius 3 is 1.84 bits per heavy atom. The Morgan fingerprint density at radius 2 is 1.21 bits per heavy atom. The molecule has 21 heteroatoms. The Morgan fingerprint density at radius 1 is 0.671 bits per heavy atom. The van der Waals surface area contributed by atoms with Gasteiger partial charge in [0.25, 0.3) is 11.8 Å². The maximum Gasteiger partial charge on any atom is 0.260 e. The van der Waals surface area contributed by atoms with Gasteiger partial charge in [-0.2, -0.15) is 0 Å². The summed E-state index contributed by atoms with van der Waals surface area (Å²) in [5.74, 6) is -1.89. The fourth-order valence-electron chi connectivity index (χ4n) is 9.87. The molecule has 0 saturated carbocycles. The Balaban J connectivity index is 0.910. The molecule has 9 rings (SSSR count). The molecular formula is C55H59N9O12. The van der Waals surface area contributed by atoms with Crippen molar-refractivity contribution in [3.05, 3.63) is 124 Å². The van der Waals surface area contributed by atoms with Gasteiger partial charge in [-0.05, 0) is 90.4 Å². The van der Waals surface area contributed by atoms with E-state index in [1.807, 2.05) is 59.5 Å². The van der Waals surface area contributed by atoms with Gasteiger partial charge in [0.05, 0.1) is 68.4 Å². The molecule has 8 N–H and O–H groups in total. The molecule has 0 spiro atoms. The number of benzene rings is 5. The number of likely N-dealkylation sites (N-methyl/N-ethyl adjacent to an activating group) is 1. The summed E-state index contributed by atoms with van der Waals surface area (Å²) in [7, 11) is 4.48. The third-order valence-electron chi connectivity index (χ3n) is 13.8. The van der Waals surface area contributed by atoms with Crippen LogP contribution in [0.4, 0.5) is 28.4 Å². The molecule has 4 aliphatic rings. The minimum atomic E-state index is -1.10. The maximum atomic E-state index is 14.1. The predicted octanol–water partition coefficient (Wildman–Crippen LogP) is 3.53. The van der Waals surface area contributed by atoms with Gasteiger partial charge in [0.2, 0.25) is 29.5 Å². The molecule has 3 atom stereocenters. The number of para-hydroxylation sites is 2. The third-order valence-corrected chi connectivity index (χ3v) is 13.8. The highest BCUT2D eigenvalue weighted by Gasteiger charge is 2.42. The van der Waals surface area contributed by atoms with Gasteiger partial charge in [0.1, 0.15) is 19.4 Å². The summed E-state index contributed by atoms with van der Waals surface area (Å²) in [6.07, 6.45) is 1.21. The second-order valence-corrected chi connectivity index (χ2v) is 18.8. The average molecular weight is 1040 g/mol. The average Bonchev–Trinajstić information content (AvgIpc) is 3.95. The summed E-state index contributed by atoms with van der Waals surface area (Å²) in [4.78, 5) is 94.8. The molecule has 7 amide bonds. The third kappa shape index (κ3) is 11.3. The van der Waals surface area contributed by atoms with Crippen LogP contribution in [0, 0.1) is 0 Å². The van der Waals surface area contributed by atoms with Crippen molar-refractivity contribution in [2.75, 3.05) is 72.8 Å². The number of rotatable bonds is 20. The number of carbonyl (C=O) groups is 7. The number of aliphatic hydroxyl groups excluding tert-OH is 1. The normalized spacial score (nSPS) is 16.6. The van der Waals surface area contributed by atoms with Crippen LogP contribution >= 0.6 is 0 Å². The van der Waals surface area contributed by atoms with Crippen LogP contribution in [0.25, 0.3) is 0 Å². The summed E-state index contributed by atoms with van der Waals surface area (Å²) >= 11 is 0. The van der Waals surface area contributed by atoms with E-state index in [9.17, 15) is 38.7 Å². The van der Waals surface area contributed by atoms with Crippen molar-refractivity contribution in [1.29, 1.82) is 0 Å². The minimum absolute atomic E-state index is 0.0346. The minimum Gasteiger partial charge on any atom is -0.493 e. The van der Waals surface area contributed by atoms with E-state index in [1.165, 1.54) is 26.2 Å². The van der Waals surface area contributed by atoms with E-state index < -0.39 is 54.9 Å². The highest BCUT2D eigenvalue weighted by atomic mass is 16.5. The van der Waals surface area contributed by atoms with Crippen molar-refractivity contribution < 1.29 is 57.6 Å². The van der Waals surface area contributed by atoms with E-state index in [0.717, 1.165) is 22.5 Å². The van der Waals surface area contributed by atoms with Gasteiger partial charge in [-0.25, -0.2) is 0 Å². The first-order chi connectivity index (χ1) is 36.7. The Hall–Kier alpha value is -8.85. The molecule has 0 fully saturated rings. The number of hydrogen-bond donors (Lipinski definition) is 7. The SMILES string of the molecule is COc1cc2c(cc1OCc1cc(COc3cc4c(cc3OC)C(=O)N3c5ccccc5C[C@H]3C(O)N4)cc(N(C)C(=O)CNC(=O)CNC(=O)CNC(=O)CCCCC(N)=O)c1)NC[C@@H]1Cc3ccccc3N1C2=O. The second-order valence-electron chi connectivity index (χ2n) is 18.8. The lowest BCUT2D eigenvalue weighted by Gasteiger charge is -2.26. The lowest BCUT2D eigenvalue weighted by Crippen LogP contribution is -2.45.